The smallest absolute Gasteiger partial charge is 0.319 e. The summed E-state index contributed by atoms with van der Waals surface area (Å²) in [7, 11) is 0. The molecule has 0 aliphatic carbocycles. The second-order valence-corrected chi connectivity index (χ2v) is 5.21. The van der Waals surface area contributed by atoms with Gasteiger partial charge in [0.2, 0.25) is 5.91 Å². The lowest BCUT2D eigenvalue weighted by Crippen LogP contribution is -2.28. The lowest BCUT2D eigenvalue weighted by molar-refractivity contribution is -0.115. The molecule has 0 unspecified atom stereocenters. The number of hydrogen-bond acceptors (Lipinski definition) is 3. The third-order valence-corrected chi connectivity index (χ3v) is 3.34. The Morgan fingerprint density at radius 1 is 1.12 bits per heavy atom. The molecule has 128 valence electrons. The topological polar surface area (TPSA) is 94.0 Å². The van der Waals surface area contributed by atoms with Crippen molar-refractivity contribution < 1.29 is 14.0 Å². The van der Waals surface area contributed by atoms with Crippen LogP contribution in [-0.4, -0.2) is 11.9 Å². The van der Waals surface area contributed by atoms with Crippen LogP contribution in [0, 0.1) is 17.1 Å². The third-order valence-electron chi connectivity index (χ3n) is 3.34. The summed E-state index contributed by atoms with van der Waals surface area (Å²) in [6, 6.07) is 12.0. The number of halogens is 1. The summed E-state index contributed by atoms with van der Waals surface area (Å²) in [5.41, 5.74) is 1.59. The Morgan fingerprint density at radius 2 is 1.84 bits per heavy atom. The van der Waals surface area contributed by atoms with Gasteiger partial charge in [-0.2, -0.15) is 5.26 Å². The molecule has 7 heteroatoms. The first-order chi connectivity index (χ1) is 12.0. The number of anilines is 2. The van der Waals surface area contributed by atoms with E-state index in [1.807, 2.05) is 6.07 Å². The van der Waals surface area contributed by atoms with Gasteiger partial charge in [0.15, 0.2) is 0 Å². The van der Waals surface area contributed by atoms with E-state index in [2.05, 4.69) is 16.0 Å². The quantitative estimate of drug-likeness (QED) is 0.779. The van der Waals surface area contributed by atoms with Gasteiger partial charge in [-0.1, -0.05) is 13.0 Å². The maximum Gasteiger partial charge on any atom is 0.319 e. The minimum absolute atomic E-state index is 0.0561. The van der Waals surface area contributed by atoms with Gasteiger partial charge in [0.1, 0.15) is 5.82 Å². The van der Waals surface area contributed by atoms with Gasteiger partial charge < -0.3 is 16.0 Å². The van der Waals surface area contributed by atoms with Crippen LogP contribution in [0.2, 0.25) is 0 Å². The zero-order valence-electron chi connectivity index (χ0n) is 13.6. The Labute approximate surface area is 144 Å². The van der Waals surface area contributed by atoms with Gasteiger partial charge in [-0.05, 0) is 36.4 Å². The van der Waals surface area contributed by atoms with Crippen LogP contribution in [-0.2, 0) is 11.3 Å². The number of carbonyl (C=O) groups excluding carboxylic acids is 2. The van der Waals surface area contributed by atoms with Crippen molar-refractivity contribution in [2.24, 2.45) is 0 Å². The molecule has 3 N–H and O–H groups in total. The molecule has 0 bridgehead atoms. The Hall–Kier alpha value is -3.40. The second-order valence-electron chi connectivity index (χ2n) is 5.21. The summed E-state index contributed by atoms with van der Waals surface area (Å²) in [5, 5.41) is 16.6. The standard InChI is InChI=1S/C18H17FN4O2/c1-2-17(24)22-14-4-3-5-15(9-14)23-18(25)21-11-13-8-12(10-20)6-7-16(13)19/h3-9H,2,11H2,1H3,(H,22,24)(H2,21,23,25). The Morgan fingerprint density at radius 3 is 2.52 bits per heavy atom. The van der Waals surface area contributed by atoms with Crippen LogP contribution in [0.5, 0.6) is 0 Å². The van der Waals surface area contributed by atoms with Crippen molar-refractivity contribution in [3.63, 3.8) is 0 Å². The molecule has 0 radical (unpaired) electrons. The first kappa shape index (κ1) is 17.9. The fraction of sp³-hybridized carbons (Fsp3) is 0.167. The van der Waals surface area contributed by atoms with Crippen LogP contribution < -0.4 is 16.0 Å². The van der Waals surface area contributed by atoms with Crippen LogP contribution in [0.25, 0.3) is 0 Å². The van der Waals surface area contributed by atoms with Gasteiger partial charge in [0.25, 0.3) is 0 Å². The number of rotatable bonds is 5. The van der Waals surface area contributed by atoms with Gasteiger partial charge in [-0.15, -0.1) is 0 Å². The number of benzene rings is 2. The van der Waals surface area contributed by atoms with E-state index >= 15 is 0 Å². The van der Waals surface area contributed by atoms with E-state index in [0.29, 0.717) is 23.4 Å². The number of amides is 3. The molecule has 2 aromatic rings. The van der Waals surface area contributed by atoms with Crippen LogP contribution >= 0.6 is 0 Å². The molecule has 0 saturated carbocycles. The molecule has 2 rings (SSSR count). The van der Waals surface area contributed by atoms with E-state index in [4.69, 9.17) is 5.26 Å². The average molecular weight is 340 g/mol. The van der Waals surface area contributed by atoms with Crippen molar-refractivity contribution in [1.82, 2.24) is 5.32 Å². The zero-order chi connectivity index (χ0) is 18.2. The fourth-order valence-corrected chi connectivity index (χ4v) is 2.05. The number of urea groups is 1. The molecule has 0 aliphatic rings. The molecule has 0 spiro atoms. The van der Waals surface area contributed by atoms with Gasteiger partial charge in [0.05, 0.1) is 11.6 Å². The van der Waals surface area contributed by atoms with Gasteiger partial charge >= 0.3 is 6.03 Å². The largest absolute Gasteiger partial charge is 0.334 e. The predicted octanol–water partition coefficient (Wildman–Crippen LogP) is 3.37. The molecule has 0 aliphatic heterocycles. The maximum absolute atomic E-state index is 13.7. The molecule has 3 amide bonds. The maximum atomic E-state index is 13.7. The van der Waals surface area contributed by atoms with Gasteiger partial charge in [-0.3, -0.25) is 4.79 Å². The van der Waals surface area contributed by atoms with E-state index in [1.54, 1.807) is 31.2 Å². The second kappa shape index (κ2) is 8.45. The molecule has 0 heterocycles. The van der Waals surface area contributed by atoms with Crippen LogP contribution in [0.4, 0.5) is 20.6 Å². The molecule has 0 fully saturated rings. The number of carbonyl (C=O) groups is 2. The van der Waals surface area contributed by atoms with Crippen molar-refractivity contribution in [3.8, 4) is 6.07 Å². The predicted molar refractivity (Wildman–Crippen MR) is 92.3 cm³/mol. The summed E-state index contributed by atoms with van der Waals surface area (Å²) in [6.07, 6.45) is 0.353. The van der Waals surface area contributed by atoms with Gasteiger partial charge in [0, 0.05) is 29.9 Å². The van der Waals surface area contributed by atoms with Crippen molar-refractivity contribution in [1.29, 1.82) is 5.26 Å². The highest BCUT2D eigenvalue weighted by Gasteiger charge is 2.07. The van der Waals surface area contributed by atoms with Crippen LogP contribution in [0.3, 0.4) is 0 Å². The highest BCUT2D eigenvalue weighted by atomic mass is 19.1. The molecule has 0 atom stereocenters. The first-order valence-corrected chi connectivity index (χ1v) is 7.65. The van der Waals surface area contributed by atoms with E-state index in [0.717, 1.165) is 0 Å². The lowest BCUT2D eigenvalue weighted by atomic mass is 10.1. The summed E-state index contributed by atoms with van der Waals surface area (Å²) in [5.74, 6) is -0.627. The average Bonchev–Trinajstić information content (AvgIpc) is 2.61. The number of nitrogens with one attached hydrogen (secondary N) is 3. The number of nitriles is 1. The Balaban J connectivity index is 1.96. The number of hydrogen-bond donors (Lipinski definition) is 3. The summed E-state index contributed by atoms with van der Waals surface area (Å²) < 4.78 is 13.7. The highest BCUT2D eigenvalue weighted by Crippen LogP contribution is 2.15. The third kappa shape index (κ3) is 5.32. The molecule has 25 heavy (non-hydrogen) atoms. The highest BCUT2D eigenvalue weighted by molar-refractivity contribution is 5.93. The van der Waals surface area contributed by atoms with Gasteiger partial charge in [-0.25, -0.2) is 9.18 Å². The summed E-state index contributed by atoms with van der Waals surface area (Å²) >= 11 is 0. The summed E-state index contributed by atoms with van der Waals surface area (Å²) in [6.45, 7) is 1.69. The fourth-order valence-electron chi connectivity index (χ4n) is 2.05. The van der Waals surface area contributed by atoms with E-state index in [-0.39, 0.29) is 18.0 Å². The minimum Gasteiger partial charge on any atom is -0.334 e. The number of nitrogens with zero attached hydrogens (tertiary/aromatic N) is 1. The normalized spacial score (nSPS) is 9.80. The van der Waals surface area contributed by atoms with Crippen molar-refractivity contribution in [2.75, 3.05) is 10.6 Å². The molecular formula is C18H17FN4O2. The molecule has 0 saturated heterocycles. The van der Waals surface area contributed by atoms with Crippen molar-refractivity contribution in [3.05, 3.63) is 59.4 Å². The summed E-state index contributed by atoms with van der Waals surface area (Å²) in [4.78, 5) is 23.3. The van der Waals surface area contributed by atoms with Crippen molar-refractivity contribution in [2.45, 2.75) is 19.9 Å². The van der Waals surface area contributed by atoms with E-state index in [1.165, 1.54) is 18.2 Å². The van der Waals surface area contributed by atoms with Crippen LogP contribution in [0.15, 0.2) is 42.5 Å². The Bertz CT molecular complexity index is 830. The molecule has 6 nitrogen and oxygen atoms in total. The Kier molecular flexibility index (Phi) is 6.07. The minimum atomic E-state index is -0.527. The lowest BCUT2D eigenvalue weighted by Gasteiger charge is -2.10. The molecule has 0 aromatic heterocycles. The van der Waals surface area contributed by atoms with E-state index < -0.39 is 11.8 Å². The molecule has 2 aromatic carbocycles. The van der Waals surface area contributed by atoms with Crippen molar-refractivity contribution >= 4 is 23.3 Å². The molecular weight excluding hydrogens is 323 g/mol. The van der Waals surface area contributed by atoms with Crippen LogP contribution in [0.1, 0.15) is 24.5 Å². The first-order valence-electron chi connectivity index (χ1n) is 7.65. The van der Waals surface area contributed by atoms with E-state index in [9.17, 15) is 14.0 Å². The monoisotopic (exact) mass is 340 g/mol. The zero-order valence-corrected chi connectivity index (χ0v) is 13.6. The SMILES string of the molecule is CCC(=O)Nc1cccc(NC(=O)NCc2cc(C#N)ccc2F)c1.